The molecule has 3 rings (SSSR count). The van der Waals surface area contributed by atoms with Crippen molar-refractivity contribution in [2.24, 2.45) is 4.99 Å². The average Bonchev–Trinajstić information content (AvgIpc) is 3.23. The van der Waals surface area contributed by atoms with Crippen LogP contribution in [0, 0.1) is 0 Å². The third-order valence-electron chi connectivity index (χ3n) is 5.16. The van der Waals surface area contributed by atoms with Crippen LogP contribution in [-0.4, -0.2) is 80.9 Å². The number of ether oxygens (including phenoxy) is 2. The Kier molecular flexibility index (Phi) is 7.50. The lowest BCUT2D eigenvalue weighted by Gasteiger charge is -2.32. The number of anilines is 1. The minimum atomic E-state index is -0.468. The zero-order valence-electron chi connectivity index (χ0n) is 16.8. The van der Waals surface area contributed by atoms with Crippen molar-refractivity contribution < 1.29 is 14.3 Å². The summed E-state index contributed by atoms with van der Waals surface area (Å²) in [6, 6.07) is 8.24. The molecule has 2 heterocycles. The highest BCUT2D eigenvalue weighted by molar-refractivity contribution is 5.84. The van der Waals surface area contributed by atoms with Gasteiger partial charge in [0.15, 0.2) is 5.96 Å². The first kappa shape index (κ1) is 20.4. The number of guanidine groups is 1. The number of carbonyl (C=O) groups excluding carboxylic acids is 1. The summed E-state index contributed by atoms with van der Waals surface area (Å²) in [5.74, 6) is 0.968. The fourth-order valence-corrected chi connectivity index (χ4v) is 3.63. The van der Waals surface area contributed by atoms with Gasteiger partial charge in [-0.25, -0.2) is 9.79 Å². The Bertz CT molecular complexity index is 658. The van der Waals surface area contributed by atoms with Gasteiger partial charge in [0, 0.05) is 44.5 Å². The Labute approximate surface area is 166 Å². The van der Waals surface area contributed by atoms with Gasteiger partial charge in [-0.05, 0) is 31.0 Å². The van der Waals surface area contributed by atoms with E-state index in [0.29, 0.717) is 18.3 Å². The van der Waals surface area contributed by atoms with Crippen molar-refractivity contribution in [3.8, 4) is 0 Å². The van der Waals surface area contributed by atoms with Crippen LogP contribution in [0.5, 0.6) is 0 Å². The summed E-state index contributed by atoms with van der Waals surface area (Å²) >= 11 is 0. The van der Waals surface area contributed by atoms with Gasteiger partial charge in [-0.1, -0.05) is 12.1 Å². The van der Waals surface area contributed by atoms with Crippen molar-refractivity contribution in [1.82, 2.24) is 15.1 Å². The normalized spacial score (nSPS) is 20.9. The van der Waals surface area contributed by atoms with Crippen molar-refractivity contribution >= 4 is 17.7 Å². The van der Waals surface area contributed by atoms with Crippen molar-refractivity contribution in [3.63, 3.8) is 0 Å². The van der Waals surface area contributed by atoms with Crippen LogP contribution in [0.25, 0.3) is 0 Å². The van der Waals surface area contributed by atoms with Gasteiger partial charge in [-0.3, -0.25) is 10.2 Å². The first-order valence-electron chi connectivity index (χ1n) is 9.98. The number of rotatable bonds is 5. The van der Waals surface area contributed by atoms with Crippen LogP contribution in [0.15, 0.2) is 29.3 Å². The molecule has 0 aromatic heterocycles. The summed E-state index contributed by atoms with van der Waals surface area (Å²) in [6.07, 6.45) is 0.697. The van der Waals surface area contributed by atoms with E-state index in [9.17, 15) is 4.79 Å². The summed E-state index contributed by atoms with van der Waals surface area (Å²) in [7, 11) is 1.35. The quantitative estimate of drug-likeness (QED) is 0.590. The van der Waals surface area contributed by atoms with E-state index < -0.39 is 6.09 Å². The van der Waals surface area contributed by atoms with Gasteiger partial charge in [-0.15, -0.1) is 0 Å². The topological polar surface area (TPSA) is 78.4 Å². The summed E-state index contributed by atoms with van der Waals surface area (Å²) in [4.78, 5) is 21.0. The number of likely N-dealkylation sites (tertiary alicyclic amines) is 1. The van der Waals surface area contributed by atoms with E-state index in [1.807, 2.05) is 24.3 Å². The number of morpholine rings is 1. The van der Waals surface area contributed by atoms with Gasteiger partial charge < -0.3 is 19.7 Å². The third kappa shape index (κ3) is 5.59. The Hall–Kier alpha value is -2.32. The van der Waals surface area contributed by atoms with Gasteiger partial charge in [0.1, 0.15) is 0 Å². The molecular formula is C20H31N5O3. The standard InChI is InChI=1S/C20H31N5O3/c1-3-21-19(25-9-8-18(15-25)24-10-12-28-13-11-24)22-14-16-4-6-17(7-5-16)23-20(26)27-2/h4-7,18H,3,8-15H2,1-2H3,(H,21,22)(H,23,26). The summed E-state index contributed by atoms with van der Waals surface area (Å²) in [6.45, 7) is 9.30. The summed E-state index contributed by atoms with van der Waals surface area (Å²) in [5.41, 5.74) is 1.80. The molecule has 2 N–H and O–H groups in total. The Balaban J connectivity index is 1.57. The van der Waals surface area contributed by atoms with E-state index in [1.165, 1.54) is 7.11 Å². The second-order valence-corrected chi connectivity index (χ2v) is 7.02. The van der Waals surface area contributed by atoms with Crippen LogP contribution in [0.1, 0.15) is 18.9 Å². The molecule has 1 amide bonds. The SMILES string of the molecule is CCNC(=NCc1ccc(NC(=O)OC)cc1)N1CCC(N2CCOCC2)C1. The predicted molar refractivity (Wildman–Crippen MR) is 110 cm³/mol. The van der Waals surface area contributed by atoms with Gasteiger partial charge in [0.05, 0.1) is 26.9 Å². The zero-order chi connectivity index (χ0) is 19.8. The minimum Gasteiger partial charge on any atom is -0.453 e. The van der Waals surface area contributed by atoms with Gasteiger partial charge >= 0.3 is 6.09 Å². The molecular weight excluding hydrogens is 358 g/mol. The highest BCUT2D eigenvalue weighted by atomic mass is 16.5. The van der Waals surface area contributed by atoms with Crippen molar-refractivity contribution in [2.45, 2.75) is 25.9 Å². The molecule has 0 radical (unpaired) electrons. The Morgan fingerprint density at radius 3 is 2.68 bits per heavy atom. The van der Waals surface area contributed by atoms with Crippen molar-refractivity contribution in [3.05, 3.63) is 29.8 Å². The zero-order valence-corrected chi connectivity index (χ0v) is 16.8. The number of benzene rings is 1. The number of nitrogens with one attached hydrogen (secondary N) is 2. The van der Waals surface area contributed by atoms with Crippen LogP contribution in [0.2, 0.25) is 0 Å². The molecule has 2 saturated heterocycles. The molecule has 154 valence electrons. The van der Waals surface area contributed by atoms with Gasteiger partial charge in [0.25, 0.3) is 0 Å². The lowest BCUT2D eigenvalue weighted by molar-refractivity contribution is 0.0195. The molecule has 8 heteroatoms. The first-order valence-corrected chi connectivity index (χ1v) is 9.98. The first-order chi connectivity index (χ1) is 13.7. The van der Waals surface area contributed by atoms with E-state index in [-0.39, 0.29) is 0 Å². The van der Waals surface area contributed by atoms with Crippen molar-refractivity contribution in [1.29, 1.82) is 0 Å². The highest BCUT2D eigenvalue weighted by Gasteiger charge is 2.30. The van der Waals surface area contributed by atoms with Crippen LogP contribution in [0.3, 0.4) is 0 Å². The molecule has 1 aromatic carbocycles. The molecule has 0 saturated carbocycles. The third-order valence-corrected chi connectivity index (χ3v) is 5.16. The van der Waals surface area contributed by atoms with E-state index in [4.69, 9.17) is 9.73 Å². The van der Waals surface area contributed by atoms with E-state index >= 15 is 0 Å². The second kappa shape index (κ2) is 10.3. The maximum absolute atomic E-state index is 11.3. The number of hydrogen-bond acceptors (Lipinski definition) is 5. The molecule has 0 aliphatic carbocycles. The molecule has 2 fully saturated rings. The number of nitrogens with zero attached hydrogens (tertiary/aromatic N) is 3. The minimum absolute atomic E-state index is 0.468. The Morgan fingerprint density at radius 2 is 2.00 bits per heavy atom. The fourth-order valence-electron chi connectivity index (χ4n) is 3.63. The predicted octanol–water partition coefficient (Wildman–Crippen LogP) is 1.74. The highest BCUT2D eigenvalue weighted by Crippen LogP contribution is 2.17. The Morgan fingerprint density at radius 1 is 1.25 bits per heavy atom. The molecule has 28 heavy (non-hydrogen) atoms. The van der Waals surface area contributed by atoms with Gasteiger partial charge in [0.2, 0.25) is 0 Å². The maximum Gasteiger partial charge on any atom is 0.411 e. The average molecular weight is 390 g/mol. The second-order valence-electron chi connectivity index (χ2n) is 7.02. The molecule has 0 bridgehead atoms. The lowest BCUT2D eigenvalue weighted by Crippen LogP contribution is -2.46. The summed E-state index contributed by atoms with van der Waals surface area (Å²) < 4.78 is 10.1. The number of carbonyl (C=O) groups is 1. The van der Waals surface area contributed by atoms with Crippen LogP contribution in [-0.2, 0) is 16.0 Å². The molecule has 1 atom stereocenters. The van der Waals surface area contributed by atoms with Gasteiger partial charge in [-0.2, -0.15) is 0 Å². The van der Waals surface area contributed by atoms with Crippen LogP contribution >= 0.6 is 0 Å². The largest absolute Gasteiger partial charge is 0.453 e. The fraction of sp³-hybridized carbons (Fsp3) is 0.600. The molecule has 2 aliphatic heterocycles. The molecule has 0 spiro atoms. The van der Waals surface area contributed by atoms with Crippen LogP contribution in [0.4, 0.5) is 10.5 Å². The maximum atomic E-state index is 11.3. The molecule has 1 aromatic rings. The van der Waals surface area contributed by atoms with E-state index in [2.05, 4.69) is 32.1 Å². The van der Waals surface area contributed by atoms with E-state index in [1.54, 1.807) is 0 Å². The molecule has 1 unspecified atom stereocenters. The number of hydrogen-bond donors (Lipinski definition) is 2. The monoisotopic (exact) mass is 389 g/mol. The molecule has 2 aliphatic rings. The van der Waals surface area contributed by atoms with E-state index in [0.717, 1.165) is 63.9 Å². The van der Waals surface area contributed by atoms with Crippen molar-refractivity contribution in [2.75, 3.05) is 58.4 Å². The number of amides is 1. The lowest BCUT2D eigenvalue weighted by atomic mass is 10.2. The number of aliphatic imine (C=N–C) groups is 1. The summed E-state index contributed by atoms with van der Waals surface area (Å²) in [5, 5.41) is 6.08. The molecule has 8 nitrogen and oxygen atoms in total. The smallest absolute Gasteiger partial charge is 0.411 e. The number of methoxy groups -OCH3 is 1. The van der Waals surface area contributed by atoms with Crippen LogP contribution < -0.4 is 10.6 Å².